The SMILES string of the molecule is O=C(CSc1nc2ccccc2[nH]1)NN=Cc1cccc(OCc2ccccc2)c1. The zero-order valence-electron chi connectivity index (χ0n) is 16.1. The molecule has 30 heavy (non-hydrogen) atoms. The number of amides is 1. The van der Waals surface area contributed by atoms with Crippen molar-refractivity contribution in [2.75, 3.05) is 5.75 Å². The maximum atomic E-state index is 12.0. The molecule has 0 fully saturated rings. The van der Waals surface area contributed by atoms with E-state index in [0.717, 1.165) is 27.9 Å². The highest BCUT2D eigenvalue weighted by atomic mass is 32.2. The zero-order valence-corrected chi connectivity index (χ0v) is 16.9. The molecule has 2 N–H and O–H groups in total. The summed E-state index contributed by atoms with van der Waals surface area (Å²) in [5.41, 5.74) is 6.31. The van der Waals surface area contributed by atoms with Gasteiger partial charge >= 0.3 is 0 Å². The Morgan fingerprint density at radius 3 is 2.77 bits per heavy atom. The largest absolute Gasteiger partial charge is 0.489 e. The molecule has 7 heteroatoms. The van der Waals surface area contributed by atoms with Crippen LogP contribution in [0.15, 0.2) is 89.1 Å². The lowest BCUT2D eigenvalue weighted by atomic mass is 10.2. The van der Waals surface area contributed by atoms with Gasteiger partial charge in [-0.05, 0) is 35.4 Å². The van der Waals surface area contributed by atoms with Crippen LogP contribution in [0.25, 0.3) is 11.0 Å². The summed E-state index contributed by atoms with van der Waals surface area (Å²) >= 11 is 1.33. The van der Waals surface area contributed by atoms with Crippen LogP contribution in [0.3, 0.4) is 0 Å². The second kappa shape index (κ2) is 9.76. The van der Waals surface area contributed by atoms with Crippen molar-refractivity contribution in [3.63, 3.8) is 0 Å². The van der Waals surface area contributed by atoms with Gasteiger partial charge < -0.3 is 9.72 Å². The van der Waals surface area contributed by atoms with E-state index in [1.54, 1.807) is 6.21 Å². The molecule has 0 radical (unpaired) electrons. The van der Waals surface area contributed by atoms with Gasteiger partial charge in [0.05, 0.1) is 23.0 Å². The van der Waals surface area contributed by atoms with Gasteiger partial charge in [0.15, 0.2) is 5.16 Å². The smallest absolute Gasteiger partial charge is 0.250 e. The van der Waals surface area contributed by atoms with Crippen LogP contribution in [0.2, 0.25) is 0 Å². The number of thioether (sulfide) groups is 1. The molecule has 150 valence electrons. The van der Waals surface area contributed by atoms with Gasteiger partial charge in [-0.2, -0.15) is 5.10 Å². The van der Waals surface area contributed by atoms with E-state index in [0.29, 0.717) is 11.8 Å². The lowest BCUT2D eigenvalue weighted by Crippen LogP contribution is -2.19. The summed E-state index contributed by atoms with van der Waals surface area (Å²) in [4.78, 5) is 19.7. The van der Waals surface area contributed by atoms with Crippen molar-refractivity contribution >= 4 is 34.9 Å². The summed E-state index contributed by atoms with van der Waals surface area (Å²) in [6, 6.07) is 25.3. The van der Waals surface area contributed by atoms with Crippen molar-refractivity contribution < 1.29 is 9.53 Å². The van der Waals surface area contributed by atoms with Crippen molar-refractivity contribution in [3.05, 3.63) is 90.0 Å². The van der Waals surface area contributed by atoms with E-state index in [1.165, 1.54) is 11.8 Å². The van der Waals surface area contributed by atoms with Crippen LogP contribution in [0.4, 0.5) is 0 Å². The van der Waals surface area contributed by atoms with Crippen LogP contribution < -0.4 is 10.2 Å². The van der Waals surface area contributed by atoms with Crippen molar-refractivity contribution in [1.82, 2.24) is 15.4 Å². The third-order valence-corrected chi connectivity index (χ3v) is 5.09. The Labute approximate surface area is 178 Å². The molecule has 1 heterocycles. The normalized spacial score (nSPS) is 11.1. The standard InChI is InChI=1S/C23H20N4O2S/c28-22(16-30-23-25-20-11-4-5-12-21(20)26-23)27-24-14-18-9-6-10-19(13-18)29-15-17-7-2-1-3-8-17/h1-14H,15-16H2,(H,25,26)(H,27,28). The monoisotopic (exact) mass is 416 g/mol. The maximum absolute atomic E-state index is 12.0. The topological polar surface area (TPSA) is 79.4 Å². The molecule has 0 spiro atoms. The number of carbonyl (C=O) groups is 1. The minimum Gasteiger partial charge on any atom is -0.489 e. The van der Waals surface area contributed by atoms with Crippen LogP contribution in [-0.2, 0) is 11.4 Å². The average Bonchev–Trinajstić information content (AvgIpc) is 3.20. The summed E-state index contributed by atoms with van der Waals surface area (Å²) in [5.74, 6) is 0.764. The van der Waals surface area contributed by atoms with Crippen LogP contribution in [0, 0.1) is 0 Å². The molecule has 3 aromatic carbocycles. The molecule has 0 bridgehead atoms. The Morgan fingerprint density at radius 1 is 1.07 bits per heavy atom. The first-order chi connectivity index (χ1) is 14.8. The first kappa shape index (κ1) is 19.7. The quantitative estimate of drug-likeness (QED) is 0.254. The predicted octanol–water partition coefficient (Wildman–Crippen LogP) is 4.38. The summed E-state index contributed by atoms with van der Waals surface area (Å²) in [6.07, 6.45) is 1.60. The number of ether oxygens (including phenoxy) is 1. The van der Waals surface area contributed by atoms with E-state index in [4.69, 9.17) is 4.74 Å². The molecule has 4 rings (SSSR count). The molecule has 0 aliphatic rings. The van der Waals surface area contributed by atoms with Crippen molar-refractivity contribution in [2.45, 2.75) is 11.8 Å². The van der Waals surface area contributed by atoms with Crippen LogP contribution in [0.5, 0.6) is 5.75 Å². The first-order valence-corrected chi connectivity index (χ1v) is 10.4. The molecular weight excluding hydrogens is 396 g/mol. The number of rotatable bonds is 8. The van der Waals surface area contributed by atoms with Crippen molar-refractivity contribution in [1.29, 1.82) is 0 Å². The Morgan fingerprint density at radius 2 is 1.90 bits per heavy atom. The maximum Gasteiger partial charge on any atom is 0.250 e. The number of nitrogens with one attached hydrogen (secondary N) is 2. The minimum atomic E-state index is -0.201. The number of aromatic nitrogens is 2. The Hall–Kier alpha value is -3.58. The molecule has 1 aromatic heterocycles. The van der Waals surface area contributed by atoms with Crippen LogP contribution in [0.1, 0.15) is 11.1 Å². The van der Waals surface area contributed by atoms with Gasteiger partial charge in [0.1, 0.15) is 12.4 Å². The first-order valence-electron chi connectivity index (χ1n) is 9.42. The van der Waals surface area contributed by atoms with E-state index in [9.17, 15) is 4.79 Å². The second-order valence-corrected chi connectivity index (χ2v) is 7.45. The summed E-state index contributed by atoms with van der Waals surface area (Å²) in [6.45, 7) is 0.497. The van der Waals surface area contributed by atoms with Gasteiger partial charge in [-0.3, -0.25) is 4.79 Å². The van der Waals surface area contributed by atoms with Gasteiger partial charge in [0.2, 0.25) is 0 Å². The molecular formula is C23H20N4O2S. The van der Waals surface area contributed by atoms with Gasteiger partial charge in [-0.25, -0.2) is 10.4 Å². The fourth-order valence-electron chi connectivity index (χ4n) is 2.77. The number of hydrazone groups is 1. The van der Waals surface area contributed by atoms with Gasteiger partial charge in [-0.1, -0.05) is 66.4 Å². The zero-order chi connectivity index (χ0) is 20.6. The molecule has 6 nitrogen and oxygen atoms in total. The number of hydrogen-bond acceptors (Lipinski definition) is 5. The Balaban J connectivity index is 1.25. The molecule has 4 aromatic rings. The molecule has 0 aliphatic heterocycles. The number of fused-ring (bicyclic) bond motifs is 1. The Bertz CT molecular complexity index is 1130. The number of para-hydroxylation sites is 2. The number of carbonyl (C=O) groups excluding carboxylic acids is 1. The molecule has 1 amide bonds. The van der Waals surface area contributed by atoms with Crippen LogP contribution in [-0.4, -0.2) is 27.8 Å². The number of aromatic amines is 1. The minimum absolute atomic E-state index is 0.201. The number of imidazole rings is 1. The molecule has 0 unspecified atom stereocenters. The second-order valence-electron chi connectivity index (χ2n) is 6.49. The molecule has 0 atom stereocenters. The Kier molecular flexibility index (Phi) is 6.41. The number of hydrogen-bond donors (Lipinski definition) is 2. The highest BCUT2D eigenvalue weighted by Gasteiger charge is 2.06. The lowest BCUT2D eigenvalue weighted by molar-refractivity contribution is -0.118. The van der Waals surface area contributed by atoms with E-state index in [-0.39, 0.29) is 11.7 Å². The summed E-state index contributed by atoms with van der Waals surface area (Å²) < 4.78 is 5.81. The fraction of sp³-hybridized carbons (Fsp3) is 0.0870. The predicted molar refractivity (Wildman–Crippen MR) is 120 cm³/mol. The average molecular weight is 417 g/mol. The highest BCUT2D eigenvalue weighted by Crippen LogP contribution is 2.19. The van der Waals surface area contributed by atoms with E-state index >= 15 is 0 Å². The lowest BCUT2D eigenvalue weighted by Gasteiger charge is -2.06. The molecule has 0 aliphatic carbocycles. The highest BCUT2D eigenvalue weighted by molar-refractivity contribution is 7.99. The van der Waals surface area contributed by atoms with Gasteiger partial charge in [0.25, 0.3) is 5.91 Å². The summed E-state index contributed by atoms with van der Waals surface area (Å²) in [7, 11) is 0. The molecule has 0 saturated carbocycles. The van der Waals surface area contributed by atoms with Crippen molar-refractivity contribution in [3.8, 4) is 5.75 Å². The van der Waals surface area contributed by atoms with Crippen LogP contribution >= 0.6 is 11.8 Å². The summed E-state index contributed by atoms with van der Waals surface area (Å²) in [5, 5.41) is 4.74. The third-order valence-electron chi connectivity index (χ3n) is 4.22. The van der Waals surface area contributed by atoms with Crippen molar-refractivity contribution in [2.24, 2.45) is 5.10 Å². The number of benzene rings is 3. The van der Waals surface area contributed by atoms with E-state index in [1.807, 2.05) is 78.9 Å². The molecule has 0 saturated heterocycles. The fourth-order valence-corrected chi connectivity index (χ4v) is 3.45. The third kappa shape index (κ3) is 5.48. The van der Waals surface area contributed by atoms with Gasteiger partial charge in [0, 0.05) is 0 Å². The number of H-pyrrole nitrogens is 1. The van der Waals surface area contributed by atoms with Gasteiger partial charge in [-0.15, -0.1) is 0 Å². The number of nitrogens with zero attached hydrogens (tertiary/aromatic N) is 2. The van der Waals surface area contributed by atoms with E-state index < -0.39 is 0 Å². The van der Waals surface area contributed by atoms with E-state index in [2.05, 4.69) is 20.5 Å².